The number of carbonyl (C=O) groups is 1. The molecule has 0 saturated carbocycles. The molecular weight excluding hydrogens is 472 g/mol. The first kappa shape index (κ1) is 22.2. The summed E-state index contributed by atoms with van der Waals surface area (Å²) in [6.07, 6.45) is 0.195. The molecular formula is C25H24N2O9. The standard InChI is InChI=1S/C25H24N2O9/c28-22-5-6-23(29)27(22)36-24(30)26-9-7-15(8-10-26)25(31,16-1-3-18-20(11-16)34-13-32-18)17-2-4-19-21(12-17)35-14-33-19/h1-6,11-12,15,28-29,31H,7-10,13-14H2. The van der Waals surface area contributed by atoms with E-state index in [9.17, 15) is 20.1 Å². The summed E-state index contributed by atoms with van der Waals surface area (Å²) in [5.41, 5.74) is -0.155. The zero-order chi connectivity index (χ0) is 24.9. The number of ether oxygens (including phenoxy) is 4. The number of likely N-dealkylation sites (tertiary alicyclic amines) is 1. The van der Waals surface area contributed by atoms with Crippen molar-refractivity contribution in [2.24, 2.45) is 5.92 Å². The lowest BCUT2D eigenvalue weighted by Crippen LogP contribution is -2.47. The fourth-order valence-electron chi connectivity index (χ4n) is 5.02. The van der Waals surface area contributed by atoms with E-state index in [2.05, 4.69) is 0 Å². The van der Waals surface area contributed by atoms with E-state index in [4.69, 9.17) is 23.8 Å². The minimum absolute atomic E-state index is 0.119. The highest BCUT2D eigenvalue weighted by Gasteiger charge is 2.44. The number of aromatic hydroxyl groups is 2. The number of hydrogen-bond acceptors (Lipinski definition) is 9. The highest BCUT2D eigenvalue weighted by molar-refractivity contribution is 5.68. The summed E-state index contributed by atoms with van der Waals surface area (Å²) in [5, 5.41) is 31.8. The first-order valence-electron chi connectivity index (χ1n) is 11.5. The number of hydrogen-bond donors (Lipinski definition) is 3. The van der Waals surface area contributed by atoms with Crippen LogP contribution in [0.15, 0.2) is 48.5 Å². The first-order valence-corrected chi connectivity index (χ1v) is 11.5. The number of benzene rings is 2. The third-order valence-corrected chi connectivity index (χ3v) is 6.94. The van der Waals surface area contributed by atoms with E-state index in [0.29, 0.717) is 64.8 Å². The molecule has 0 unspecified atom stereocenters. The molecule has 1 fully saturated rings. The van der Waals surface area contributed by atoms with Gasteiger partial charge in [0.25, 0.3) is 0 Å². The van der Waals surface area contributed by atoms with Gasteiger partial charge in [-0.3, -0.25) is 0 Å². The normalized spacial score (nSPS) is 16.9. The molecule has 3 N–H and O–H groups in total. The molecule has 1 aromatic heterocycles. The topological polar surface area (TPSA) is 132 Å². The summed E-state index contributed by atoms with van der Waals surface area (Å²) >= 11 is 0. The highest BCUT2D eigenvalue weighted by atomic mass is 16.7. The summed E-state index contributed by atoms with van der Waals surface area (Å²) in [6, 6.07) is 13.2. The van der Waals surface area contributed by atoms with Crippen molar-refractivity contribution in [3.8, 4) is 34.8 Å². The van der Waals surface area contributed by atoms with E-state index in [1.54, 1.807) is 24.3 Å². The molecule has 1 amide bonds. The lowest BCUT2D eigenvalue weighted by molar-refractivity contribution is -0.0160. The predicted octanol–water partition coefficient (Wildman–Crippen LogP) is 2.55. The van der Waals surface area contributed by atoms with E-state index in [1.165, 1.54) is 17.0 Å². The lowest BCUT2D eigenvalue weighted by atomic mass is 9.72. The maximum atomic E-state index is 12.7. The minimum Gasteiger partial charge on any atom is -0.492 e. The van der Waals surface area contributed by atoms with Crippen molar-refractivity contribution in [3.63, 3.8) is 0 Å². The van der Waals surface area contributed by atoms with Gasteiger partial charge in [0.05, 0.1) is 0 Å². The van der Waals surface area contributed by atoms with Crippen LogP contribution in [0.4, 0.5) is 4.79 Å². The van der Waals surface area contributed by atoms with Crippen LogP contribution in [0.3, 0.4) is 0 Å². The van der Waals surface area contributed by atoms with E-state index in [0.717, 1.165) is 0 Å². The van der Waals surface area contributed by atoms with Crippen LogP contribution in [0, 0.1) is 5.92 Å². The number of rotatable bonds is 4. The Morgan fingerprint density at radius 1 is 0.806 bits per heavy atom. The van der Waals surface area contributed by atoms with Gasteiger partial charge in [-0.1, -0.05) is 12.1 Å². The molecule has 36 heavy (non-hydrogen) atoms. The van der Waals surface area contributed by atoms with Crippen LogP contribution in [0.1, 0.15) is 24.0 Å². The molecule has 11 nitrogen and oxygen atoms in total. The van der Waals surface area contributed by atoms with Crippen molar-refractivity contribution < 1.29 is 43.9 Å². The van der Waals surface area contributed by atoms with Gasteiger partial charge in [-0.05, 0) is 54.2 Å². The van der Waals surface area contributed by atoms with Crippen molar-refractivity contribution in [1.29, 1.82) is 0 Å². The van der Waals surface area contributed by atoms with Crippen molar-refractivity contribution in [1.82, 2.24) is 9.63 Å². The zero-order valence-electron chi connectivity index (χ0n) is 19.1. The number of aliphatic hydroxyl groups is 1. The summed E-state index contributed by atoms with van der Waals surface area (Å²) in [6.45, 7) is 0.829. The third kappa shape index (κ3) is 3.59. The molecule has 11 heteroatoms. The molecule has 4 heterocycles. The fourth-order valence-corrected chi connectivity index (χ4v) is 5.02. The Morgan fingerprint density at radius 3 is 1.83 bits per heavy atom. The molecule has 3 aromatic rings. The van der Waals surface area contributed by atoms with Crippen molar-refractivity contribution in [2.45, 2.75) is 18.4 Å². The van der Waals surface area contributed by atoms with Gasteiger partial charge in [0.15, 0.2) is 23.0 Å². The summed E-state index contributed by atoms with van der Waals surface area (Å²) in [5.74, 6) is 1.28. The van der Waals surface area contributed by atoms with E-state index >= 15 is 0 Å². The number of aromatic nitrogens is 1. The van der Waals surface area contributed by atoms with Crippen molar-refractivity contribution in [2.75, 3.05) is 26.7 Å². The van der Waals surface area contributed by atoms with Crippen LogP contribution in [0.25, 0.3) is 0 Å². The lowest BCUT2D eigenvalue weighted by Gasteiger charge is -2.42. The average Bonchev–Trinajstić information content (AvgIpc) is 3.64. The second-order valence-corrected chi connectivity index (χ2v) is 8.87. The summed E-state index contributed by atoms with van der Waals surface area (Å²) in [7, 11) is 0. The summed E-state index contributed by atoms with van der Waals surface area (Å²) in [4.78, 5) is 19.3. The van der Waals surface area contributed by atoms with Gasteiger partial charge in [0.2, 0.25) is 25.3 Å². The van der Waals surface area contributed by atoms with Gasteiger partial charge >= 0.3 is 6.09 Å². The Kier molecular flexibility index (Phi) is 5.22. The van der Waals surface area contributed by atoms with E-state index in [1.807, 2.05) is 12.1 Å². The van der Waals surface area contributed by atoms with Crippen LogP contribution in [-0.2, 0) is 5.60 Å². The Hall–Kier alpha value is -4.25. The number of amides is 1. The first-order chi connectivity index (χ1) is 17.4. The molecule has 1 saturated heterocycles. The minimum atomic E-state index is -1.42. The molecule has 2 aromatic carbocycles. The van der Waals surface area contributed by atoms with Gasteiger partial charge in [-0.2, -0.15) is 0 Å². The molecule has 0 spiro atoms. The van der Waals surface area contributed by atoms with Crippen LogP contribution in [0.5, 0.6) is 34.8 Å². The SMILES string of the molecule is O=C(On1c(O)ccc1O)N1CCC(C(O)(c2ccc3c(c2)OCO3)c2ccc3c(c2)OCO3)CC1. The summed E-state index contributed by atoms with van der Waals surface area (Å²) < 4.78 is 22.7. The maximum Gasteiger partial charge on any atom is 0.434 e. The van der Waals surface area contributed by atoms with Crippen LogP contribution in [-0.4, -0.2) is 57.7 Å². The largest absolute Gasteiger partial charge is 0.492 e. The molecule has 0 bridgehead atoms. The van der Waals surface area contributed by atoms with Crippen LogP contribution in [0.2, 0.25) is 0 Å². The second kappa shape index (κ2) is 8.45. The van der Waals surface area contributed by atoms with Gasteiger partial charge in [-0.15, -0.1) is 4.73 Å². The predicted molar refractivity (Wildman–Crippen MR) is 122 cm³/mol. The number of piperidine rings is 1. The molecule has 6 rings (SSSR count). The Labute approximate surface area is 205 Å². The van der Waals surface area contributed by atoms with Crippen LogP contribution < -0.4 is 23.8 Å². The highest BCUT2D eigenvalue weighted by Crippen LogP contribution is 2.47. The number of carbonyl (C=O) groups excluding carboxylic acids is 1. The fraction of sp³-hybridized carbons (Fsp3) is 0.320. The Balaban J connectivity index is 1.28. The maximum absolute atomic E-state index is 12.7. The molecule has 188 valence electrons. The molecule has 0 atom stereocenters. The van der Waals surface area contributed by atoms with Gasteiger partial charge in [-0.25, -0.2) is 4.79 Å². The third-order valence-electron chi connectivity index (χ3n) is 6.94. The average molecular weight is 496 g/mol. The molecule has 3 aliphatic rings. The quantitative estimate of drug-likeness (QED) is 0.499. The van der Waals surface area contributed by atoms with Gasteiger partial charge < -0.3 is 44.0 Å². The Morgan fingerprint density at radius 2 is 1.31 bits per heavy atom. The van der Waals surface area contributed by atoms with E-state index < -0.39 is 23.5 Å². The monoisotopic (exact) mass is 496 g/mol. The number of fused-ring (bicyclic) bond motifs is 2. The van der Waals surface area contributed by atoms with Crippen molar-refractivity contribution >= 4 is 6.09 Å². The van der Waals surface area contributed by atoms with Gasteiger partial charge in [0, 0.05) is 25.2 Å². The molecule has 0 radical (unpaired) electrons. The zero-order valence-corrected chi connectivity index (χ0v) is 19.1. The number of nitrogens with zero attached hydrogens (tertiary/aromatic N) is 2. The second-order valence-electron chi connectivity index (χ2n) is 8.87. The Bertz CT molecular complexity index is 1240. The molecule has 0 aliphatic carbocycles. The van der Waals surface area contributed by atoms with Crippen molar-refractivity contribution in [3.05, 3.63) is 59.7 Å². The smallest absolute Gasteiger partial charge is 0.434 e. The van der Waals surface area contributed by atoms with Crippen LogP contribution >= 0.6 is 0 Å². The van der Waals surface area contributed by atoms with Gasteiger partial charge in [0.1, 0.15) is 5.60 Å². The molecule has 3 aliphatic heterocycles. The van der Waals surface area contributed by atoms with E-state index in [-0.39, 0.29) is 19.5 Å².